The SMILES string of the molecule is Nc1ccc(F)c(NC(=O)COc2cccc(Cl)c2Cl)c1. The maximum Gasteiger partial charge on any atom is 0.262 e. The van der Waals surface area contributed by atoms with E-state index in [2.05, 4.69) is 5.32 Å². The molecular formula is C14H11Cl2FN2O2. The molecule has 0 radical (unpaired) electrons. The van der Waals surface area contributed by atoms with Crippen LogP contribution in [0.15, 0.2) is 36.4 Å². The third kappa shape index (κ3) is 4.00. The van der Waals surface area contributed by atoms with Crippen molar-refractivity contribution in [1.29, 1.82) is 0 Å². The first-order valence-corrected chi connectivity index (χ1v) is 6.64. The van der Waals surface area contributed by atoms with Crippen molar-refractivity contribution in [3.05, 3.63) is 52.3 Å². The number of rotatable bonds is 4. The summed E-state index contributed by atoms with van der Waals surface area (Å²) in [7, 11) is 0. The van der Waals surface area contributed by atoms with Gasteiger partial charge in [-0.2, -0.15) is 0 Å². The van der Waals surface area contributed by atoms with E-state index in [1.165, 1.54) is 18.2 Å². The summed E-state index contributed by atoms with van der Waals surface area (Å²) < 4.78 is 18.7. The number of hydrogen-bond acceptors (Lipinski definition) is 3. The third-order valence-electron chi connectivity index (χ3n) is 2.54. The fraction of sp³-hybridized carbons (Fsp3) is 0.0714. The molecule has 21 heavy (non-hydrogen) atoms. The Bertz CT molecular complexity index is 680. The molecule has 0 heterocycles. The third-order valence-corrected chi connectivity index (χ3v) is 3.34. The largest absolute Gasteiger partial charge is 0.482 e. The van der Waals surface area contributed by atoms with Gasteiger partial charge in [0.2, 0.25) is 0 Å². The van der Waals surface area contributed by atoms with Gasteiger partial charge in [-0.1, -0.05) is 29.3 Å². The van der Waals surface area contributed by atoms with Gasteiger partial charge in [-0.05, 0) is 30.3 Å². The second-order valence-corrected chi connectivity index (χ2v) is 4.91. The van der Waals surface area contributed by atoms with Crippen molar-refractivity contribution in [2.45, 2.75) is 0 Å². The van der Waals surface area contributed by atoms with Gasteiger partial charge in [0.25, 0.3) is 5.91 Å². The molecule has 0 fully saturated rings. The smallest absolute Gasteiger partial charge is 0.262 e. The van der Waals surface area contributed by atoms with Gasteiger partial charge in [0.1, 0.15) is 16.6 Å². The van der Waals surface area contributed by atoms with Crippen LogP contribution >= 0.6 is 23.2 Å². The van der Waals surface area contributed by atoms with Crippen molar-refractivity contribution in [3.63, 3.8) is 0 Å². The van der Waals surface area contributed by atoms with Crippen molar-refractivity contribution >= 4 is 40.5 Å². The molecule has 4 nitrogen and oxygen atoms in total. The average molecular weight is 329 g/mol. The summed E-state index contributed by atoms with van der Waals surface area (Å²) in [6.07, 6.45) is 0. The molecule has 2 aromatic carbocycles. The topological polar surface area (TPSA) is 64.3 Å². The second kappa shape index (κ2) is 6.65. The predicted octanol–water partition coefficient (Wildman–Crippen LogP) is 3.73. The average Bonchev–Trinajstić information content (AvgIpc) is 2.44. The normalized spacial score (nSPS) is 10.2. The Morgan fingerprint density at radius 3 is 2.81 bits per heavy atom. The zero-order valence-electron chi connectivity index (χ0n) is 10.7. The van der Waals surface area contributed by atoms with Crippen LogP contribution in [-0.4, -0.2) is 12.5 Å². The van der Waals surface area contributed by atoms with E-state index in [1.807, 2.05) is 0 Å². The Morgan fingerprint density at radius 2 is 2.05 bits per heavy atom. The van der Waals surface area contributed by atoms with Gasteiger partial charge in [0.05, 0.1) is 10.7 Å². The van der Waals surface area contributed by atoms with Gasteiger partial charge >= 0.3 is 0 Å². The lowest BCUT2D eigenvalue weighted by molar-refractivity contribution is -0.118. The molecule has 0 aliphatic carbocycles. The number of nitrogens with two attached hydrogens (primary N) is 1. The summed E-state index contributed by atoms with van der Waals surface area (Å²) in [6, 6.07) is 8.69. The van der Waals surface area contributed by atoms with Crippen LogP contribution < -0.4 is 15.8 Å². The minimum absolute atomic E-state index is 0.0132. The van der Waals surface area contributed by atoms with E-state index < -0.39 is 11.7 Å². The highest BCUT2D eigenvalue weighted by Gasteiger charge is 2.10. The van der Waals surface area contributed by atoms with E-state index in [0.29, 0.717) is 10.7 Å². The van der Waals surface area contributed by atoms with Crippen molar-refractivity contribution in [3.8, 4) is 5.75 Å². The molecule has 1 amide bonds. The maximum atomic E-state index is 13.5. The van der Waals surface area contributed by atoms with Crippen LogP contribution in [0.3, 0.4) is 0 Å². The van der Waals surface area contributed by atoms with E-state index in [1.54, 1.807) is 18.2 Å². The molecule has 0 aliphatic rings. The number of benzene rings is 2. The molecule has 110 valence electrons. The fourth-order valence-electron chi connectivity index (χ4n) is 1.56. The van der Waals surface area contributed by atoms with Crippen LogP contribution in [0.25, 0.3) is 0 Å². The summed E-state index contributed by atoms with van der Waals surface area (Å²) >= 11 is 11.7. The lowest BCUT2D eigenvalue weighted by Gasteiger charge is -2.10. The monoisotopic (exact) mass is 328 g/mol. The van der Waals surface area contributed by atoms with E-state index in [-0.39, 0.29) is 23.1 Å². The number of nitrogen functional groups attached to an aromatic ring is 1. The molecule has 3 N–H and O–H groups in total. The number of amides is 1. The second-order valence-electron chi connectivity index (χ2n) is 4.13. The van der Waals surface area contributed by atoms with Crippen LogP contribution in [0, 0.1) is 5.82 Å². The Hall–Kier alpha value is -1.98. The highest BCUT2D eigenvalue weighted by atomic mass is 35.5. The Kier molecular flexibility index (Phi) is 4.88. The van der Waals surface area contributed by atoms with Crippen molar-refractivity contribution in [2.24, 2.45) is 0 Å². The molecule has 0 unspecified atom stereocenters. The lowest BCUT2D eigenvalue weighted by Crippen LogP contribution is -2.21. The number of hydrogen-bond donors (Lipinski definition) is 2. The molecule has 0 spiro atoms. The fourth-order valence-corrected chi connectivity index (χ4v) is 1.91. The zero-order chi connectivity index (χ0) is 15.4. The van der Waals surface area contributed by atoms with Gasteiger partial charge in [0, 0.05) is 5.69 Å². The van der Waals surface area contributed by atoms with Crippen molar-refractivity contribution in [2.75, 3.05) is 17.7 Å². The highest BCUT2D eigenvalue weighted by molar-refractivity contribution is 6.42. The van der Waals surface area contributed by atoms with Gasteiger partial charge in [-0.15, -0.1) is 0 Å². The molecule has 0 saturated carbocycles. The summed E-state index contributed by atoms with van der Waals surface area (Å²) in [5.41, 5.74) is 5.85. The number of ether oxygens (including phenoxy) is 1. The van der Waals surface area contributed by atoms with Gasteiger partial charge in [-0.25, -0.2) is 4.39 Å². The molecule has 0 aromatic heterocycles. The Balaban J connectivity index is 1.99. The van der Waals surface area contributed by atoms with Gasteiger partial charge in [-0.3, -0.25) is 4.79 Å². The maximum absolute atomic E-state index is 13.5. The van der Waals surface area contributed by atoms with Crippen LogP contribution in [0.5, 0.6) is 5.75 Å². The molecule has 7 heteroatoms. The van der Waals surface area contributed by atoms with E-state index in [0.717, 1.165) is 0 Å². The molecule has 0 bridgehead atoms. The standard InChI is InChI=1S/C14H11Cl2FN2O2/c15-9-2-1-3-12(14(9)16)21-7-13(20)19-11-6-8(18)4-5-10(11)17/h1-6H,7,18H2,(H,19,20). The van der Waals surface area contributed by atoms with Crippen LogP contribution in [0.4, 0.5) is 15.8 Å². The first-order chi connectivity index (χ1) is 9.97. The Labute approximate surface area is 130 Å². The summed E-state index contributed by atoms with van der Waals surface area (Å²) in [4.78, 5) is 11.7. The van der Waals surface area contributed by atoms with Crippen LogP contribution in [0.2, 0.25) is 10.0 Å². The Morgan fingerprint density at radius 1 is 1.29 bits per heavy atom. The number of carbonyl (C=O) groups excluding carboxylic acids is 1. The lowest BCUT2D eigenvalue weighted by atomic mass is 10.2. The number of halogens is 3. The number of nitrogens with one attached hydrogen (secondary N) is 1. The van der Waals surface area contributed by atoms with E-state index in [4.69, 9.17) is 33.7 Å². The van der Waals surface area contributed by atoms with E-state index >= 15 is 0 Å². The molecule has 0 saturated heterocycles. The van der Waals surface area contributed by atoms with Crippen LogP contribution in [0.1, 0.15) is 0 Å². The van der Waals surface area contributed by atoms with Crippen LogP contribution in [-0.2, 0) is 4.79 Å². The minimum atomic E-state index is -0.585. The first kappa shape index (κ1) is 15.4. The predicted molar refractivity (Wildman–Crippen MR) is 81.4 cm³/mol. The molecule has 2 aromatic rings. The van der Waals surface area contributed by atoms with E-state index in [9.17, 15) is 9.18 Å². The number of carbonyl (C=O) groups is 1. The molecule has 0 atom stereocenters. The highest BCUT2D eigenvalue weighted by Crippen LogP contribution is 2.31. The first-order valence-electron chi connectivity index (χ1n) is 5.89. The van der Waals surface area contributed by atoms with Crippen molar-refractivity contribution < 1.29 is 13.9 Å². The minimum Gasteiger partial charge on any atom is -0.482 e. The molecular weight excluding hydrogens is 318 g/mol. The van der Waals surface area contributed by atoms with Gasteiger partial charge < -0.3 is 15.8 Å². The summed E-state index contributed by atoms with van der Waals surface area (Å²) in [5.74, 6) is -0.860. The van der Waals surface area contributed by atoms with Crippen molar-refractivity contribution in [1.82, 2.24) is 0 Å². The zero-order valence-corrected chi connectivity index (χ0v) is 12.2. The summed E-state index contributed by atoms with van der Waals surface area (Å²) in [6.45, 7) is -0.339. The number of anilines is 2. The van der Waals surface area contributed by atoms with Gasteiger partial charge in [0.15, 0.2) is 6.61 Å². The molecule has 0 aliphatic heterocycles. The quantitative estimate of drug-likeness (QED) is 0.840. The summed E-state index contributed by atoms with van der Waals surface area (Å²) in [5, 5.41) is 2.89. The molecule has 2 rings (SSSR count).